The van der Waals surface area contributed by atoms with Gasteiger partial charge in [-0.05, 0) is 12.8 Å². The highest BCUT2D eigenvalue weighted by atomic mass is 16.5. The topological polar surface area (TPSA) is 105 Å². The third-order valence-corrected chi connectivity index (χ3v) is 4.04. The molecule has 3 atom stereocenters. The molecule has 3 N–H and O–H groups in total. The first-order chi connectivity index (χ1) is 10.6. The number of rotatable bonds is 7. The maximum Gasteiger partial charge on any atom is 0.330 e. The van der Waals surface area contributed by atoms with Crippen LogP contribution in [0, 0.1) is 0 Å². The van der Waals surface area contributed by atoms with Gasteiger partial charge in [0, 0.05) is 18.2 Å². The Morgan fingerprint density at radius 1 is 1.36 bits per heavy atom. The fraction of sp³-hybridized carbons (Fsp3) is 0.733. The number of hydrogen-bond acceptors (Lipinski definition) is 5. The molecule has 0 amide bonds. The summed E-state index contributed by atoms with van der Waals surface area (Å²) in [6.07, 6.45) is 4.33. The van der Waals surface area contributed by atoms with Crippen LogP contribution in [0.3, 0.4) is 0 Å². The van der Waals surface area contributed by atoms with Gasteiger partial charge < -0.3 is 14.9 Å². The number of hydrogen-bond donors (Lipinski definition) is 3. The van der Waals surface area contributed by atoms with Crippen LogP contribution in [0.15, 0.2) is 15.8 Å². The molecule has 7 nitrogen and oxygen atoms in total. The molecule has 0 radical (unpaired) electrons. The summed E-state index contributed by atoms with van der Waals surface area (Å²) < 4.78 is 6.77. The minimum Gasteiger partial charge on any atom is -0.394 e. The van der Waals surface area contributed by atoms with Gasteiger partial charge in [-0.1, -0.05) is 26.2 Å². The van der Waals surface area contributed by atoms with Crippen LogP contribution in [-0.2, 0) is 11.2 Å². The van der Waals surface area contributed by atoms with E-state index < -0.39 is 24.1 Å². The van der Waals surface area contributed by atoms with Gasteiger partial charge in [-0.25, -0.2) is 4.79 Å². The van der Waals surface area contributed by atoms with Crippen LogP contribution in [0.25, 0.3) is 0 Å². The van der Waals surface area contributed by atoms with Crippen molar-refractivity contribution in [3.8, 4) is 0 Å². The highest BCUT2D eigenvalue weighted by Crippen LogP contribution is 2.27. The number of nitrogens with zero attached hydrogens (tertiary/aromatic N) is 1. The molecule has 1 saturated heterocycles. The molecule has 1 aliphatic rings. The van der Waals surface area contributed by atoms with Crippen LogP contribution in [0.1, 0.15) is 50.8 Å². The predicted octanol–water partition coefficient (Wildman–Crippen LogP) is 0.300. The predicted molar refractivity (Wildman–Crippen MR) is 80.8 cm³/mol. The molecule has 1 aromatic heterocycles. The fourth-order valence-corrected chi connectivity index (χ4v) is 2.71. The molecular formula is C15H24N2O5. The Labute approximate surface area is 128 Å². The summed E-state index contributed by atoms with van der Waals surface area (Å²) in [5, 5.41) is 18.9. The van der Waals surface area contributed by atoms with Crippen molar-refractivity contribution in [1.82, 2.24) is 9.55 Å². The van der Waals surface area contributed by atoms with E-state index in [0.29, 0.717) is 12.0 Å². The lowest BCUT2D eigenvalue weighted by atomic mass is 10.1. The van der Waals surface area contributed by atoms with Crippen molar-refractivity contribution in [2.75, 3.05) is 6.61 Å². The first-order valence-corrected chi connectivity index (χ1v) is 7.85. The molecule has 0 spiro atoms. The second-order valence-electron chi connectivity index (χ2n) is 5.75. The largest absolute Gasteiger partial charge is 0.394 e. The summed E-state index contributed by atoms with van der Waals surface area (Å²) in [5.74, 6) is 0. The van der Waals surface area contributed by atoms with Crippen LogP contribution in [-0.4, -0.2) is 38.6 Å². The molecule has 7 heteroatoms. The number of aromatic amines is 1. The molecule has 0 saturated carbocycles. The highest BCUT2D eigenvalue weighted by molar-refractivity contribution is 5.05. The summed E-state index contributed by atoms with van der Waals surface area (Å²) in [7, 11) is 0. The first kappa shape index (κ1) is 16.9. The number of aryl methyl sites for hydroxylation is 1. The molecule has 0 aromatic carbocycles. The number of aliphatic hydroxyl groups is 2. The molecule has 2 rings (SSSR count). The van der Waals surface area contributed by atoms with Gasteiger partial charge in [0.05, 0.1) is 12.7 Å². The molecule has 1 aromatic rings. The van der Waals surface area contributed by atoms with Crippen molar-refractivity contribution in [3.63, 3.8) is 0 Å². The maximum atomic E-state index is 11.9. The lowest BCUT2D eigenvalue weighted by molar-refractivity contribution is -0.0460. The van der Waals surface area contributed by atoms with E-state index in [2.05, 4.69) is 11.9 Å². The number of unbranched alkanes of at least 4 members (excludes halogenated alkanes) is 3. The number of aromatic nitrogens is 2. The smallest absolute Gasteiger partial charge is 0.330 e. The number of nitrogens with one attached hydrogen (secondary N) is 1. The minimum absolute atomic E-state index is 0.215. The molecule has 0 bridgehead atoms. The monoisotopic (exact) mass is 312 g/mol. The maximum absolute atomic E-state index is 11.9. The van der Waals surface area contributed by atoms with Crippen molar-refractivity contribution in [2.45, 2.75) is 63.9 Å². The van der Waals surface area contributed by atoms with E-state index in [9.17, 15) is 14.7 Å². The summed E-state index contributed by atoms with van der Waals surface area (Å²) >= 11 is 0. The van der Waals surface area contributed by atoms with Crippen molar-refractivity contribution in [3.05, 3.63) is 32.6 Å². The zero-order valence-corrected chi connectivity index (χ0v) is 12.8. The van der Waals surface area contributed by atoms with Crippen LogP contribution >= 0.6 is 0 Å². The van der Waals surface area contributed by atoms with Gasteiger partial charge in [-0.3, -0.25) is 14.3 Å². The zero-order valence-electron chi connectivity index (χ0n) is 12.8. The average molecular weight is 312 g/mol. The van der Waals surface area contributed by atoms with Gasteiger partial charge in [-0.15, -0.1) is 0 Å². The van der Waals surface area contributed by atoms with Crippen LogP contribution in [0.5, 0.6) is 0 Å². The molecule has 0 unspecified atom stereocenters. The molecule has 1 fully saturated rings. The lowest BCUT2D eigenvalue weighted by Gasteiger charge is -2.15. The second kappa shape index (κ2) is 7.71. The molecule has 2 heterocycles. The number of aliphatic hydroxyl groups excluding tert-OH is 2. The highest BCUT2D eigenvalue weighted by Gasteiger charge is 2.35. The van der Waals surface area contributed by atoms with E-state index in [4.69, 9.17) is 9.84 Å². The van der Waals surface area contributed by atoms with Gasteiger partial charge in [0.1, 0.15) is 12.3 Å². The van der Waals surface area contributed by atoms with Crippen LogP contribution in [0.2, 0.25) is 0 Å². The zero-order chi connectivity index (χ0) is 16.1. The Morgan fingerprint density at radius 3 is 2.77 bits per heavy atom. The molecule has 1 aliphatic heterocycles. The summed E-state index contributed by atoms with van der Waals surface area (Å²) in [6, 6.07) is 0. The molecule has 124 valence electrons. The molecule has 0 aliphatic carbocycles. The SMILES string of the molecule is CCCCCCc1cn([C@H]2C[C@H](O)[C@@H](CO)O2)c(=O)[nH]c1=O. The van der Waals surface area contributed by atoms with E-state index in [1.165, 1.54) is 10.8 Å². The van der Waals surface area contributed by atoms with Gasteiger partial charge in [-0.2, -0.15) is 0 Å². The van der Waals surface area contributed by atoms with E-state index in [0.717, 1.165) is 25.7 Å². The minimum atomic E-state index is -0.818. The second-order valence-corrected chi connectivity index (χ2v) is 5.75. The Balaban J connectivity index is 2.15. The lowest BCUT2D eigenvalue weighted by Crippen LogP contribution is -2.34. The first-order valence-electron chi connectivity index (χ1n) is 7.85. The third-order valence-electron chi connectivity index (χ3n) is 4.04. The van der Waals surface area contributed by atoms with Gasteiger partial charge in [0.25, 0.3) is 5.56 Å². The summed E-state index contributed by atoms with van der Waals surface area (Å²) in [5.41, 5.74) is -0.380. The Morgan fingerprint density at radius 2 is 2.14 bits per heavy atom. The molecular weight excluding hydrogens is 288 g/mol. The van der Waals surface area contributed by atoms with E-state index in [1.54, 1.807) is 0 Å². The van der Waals surface area contributed by atoms with Gasteiger partial charge in [0.15, 0.2) is 0 Å². The quantitative estimate of drug-likeness (QED) is 0.628. The molecule has 22 heavy (non-hydrogen) atoms. The standard InChI is InChI=1S/C15H24N2O5/c1-2-3-4-5-6-10-8-17(15(21)16-14(10)20)13-7-11(19)12(9-18)22-13/h8,11-13,18-19H,2-7,9H2,1H3,(H,16,20,21)/t11-,12+,13+/m0/s1. The number of ether oxygens (including phenoxy) is 1. The van der Waals surface area contributed by atoms with Crippen molar-refractivity contribution in [1.29, 1.82) is 0 Å². The Kier molecular flexibility index (Phi) is 5.93. The fourth-order valence-electron chi connectivity index (χ4n) is 2.71. The van der Waals surface area contributed by atoms with E-state index in [-0.39, 0.29) is 18.6 Å². The summed E-state index contributed by atoms with van der Waals surface area (Å²) in [6.45, 7) is 1.81. The van der Waals surface area contributed by atoms with Crippen LogP contribution < -0.4 is 11.2 Å². The van der Waals surface area contributed by atoms with E-state index in [1.807, 2.05) is 0 Å². The normalized spacial score (nSPS) is 24.8. The third kappa shape index (κ3) is 3.85. The Bertz CT molecular complexity index is 594. The average Bonchev–Trinajstić information content (AvgIpc) is 2.86. The van der Waals surface area contributed by atoms with Crippen LogP contribution in [0.4, 0.5) is 0 Å². The van der Waals surface area contributed by atoms with Crippen molar-refractivity contribution < 1.29 is 14.9 Å². The summed E-state index contributed by atoms with van der Waals surface area (Å²) in [4.78, 5) is 26.1. The number of H-pyrrole nitrogens is 1. The Hall–Kier alpha value is -1.44. The van der Waals surface area contributed by atoms with E-state index >= 15 is 0 Å². The van der Waals surface area contributed by atoms with Gasteiger partial charge >= 0.3 is 5.69 Å². The van der Waals surface area contributed by atoms with Crippen molar-refractivity contribution in [2.24, 2.45) is 0 Å². The van der Waals surface area contributed by atoms with Gasteiger partial charge in [0.2, 0.25) is 0 Å². The van der Waals surface area contributed by atoms with Crippen molar-refractivity contribution >= 4 is 0 Å².